The Morgan fingerprint density at radius 1 is 0.963 bits per heavy atom. The van der Waals surface area contributed by atoms with E-state index in [4.69, 9.17) is 4.98 Å². The molecule has 2 heteroatoms. The standard InChI is InChI=1S/C25H24N2/c1-15(2)11-16-12-20-22-21(13-16)26-14-27-24(22)19-10-9-17-7-5-6-8-18(17)23(19)25(20,3)4/h5-10,12-15H,11H2,1-4H3. The van der Waals surface area contributed by atoms with Gasteiger partial charge >= 0.3 is 0 Å². The van der Waals surface area contributed by atoms with Gasteiger partial charge in [0.05, 0.1) is 11.2 Å². The first-order chi connectivity index (χ1) is 13.0. The van der Waals surface area contributed by atoms with Crippen molar-refractivity contribution in [2.75, 3.05) is 0 Å². The van der Waals surface area contributed by atoms with Crippen molar-refractivity contribution in [3.8, 4) is 11.3 Å². The molecule has 0 fully saturated rings. The Morgan fingerprint density at radius 2 is 1.78 bits per heavy atom. The fourth-order valence-corrected chi connectivity index (χ4v) is 4.81. The van der Waals surface area contributed by atoms with Gasteiger partial charge in [-0.15, -0.1) is 0 Å². The van der Waals surface area contributed by atoms with E-state index in [0.717, 1.165) is 17.6 Å². The molecule has 2 nitrogen and oxygen atoms in total. The summed E-state index contributed by atoms with van der Waals surface area (Å²) in [4.78, 5) is 9.37. The maximum Gasteiger partial charge on any atom is 0.116 e. The van der Waals surface area contributed by atoms with Gasteiger partial charge in [0.15, 0.2) is 0 Å². The minimum atomic E-state index is -0.0981. The van der Waals surface area contributed by atoms with Crippen LogP contribution < -0.4 is 0 Å². The SMILES string of the molecule is CC(C)Cc1cc2c3c(ncnc3c1)-c1ccc3ccccc3c1C2(C)C. The van der Waals surface area contributed by atoms with Crippen molar-refractivity contribution in [3.05, 3.63) is 71.5 Å². The highest BCUT2D eigenvalue weighted by Crippen LogP contribution is 2.50. The van der Waals surface area contributed by atoms with Gasteiger partial charge in [0.2, 0.25) is 0 Å². The van der Waals surface area contributed by atoms with E-state index in [-0.39, 0.29) is 5.41 Å². The number of fused-ring (bicyclic) bond motifs is 4. The second-order valence-corrected chi connectivity index (χ2v) is 8.69. The first-order valence-electron chi connectivity index (χ1n) is 9.77. The van der Waals surface area contributed by atoms with Crippen molar-refractivity contribution < 1.29 is 0 Å². The summed E-state index contributed by atoms with van der Waals surface area (Å²) in [6.45, 7) is 9.24. The first-order valence-corrected chi connectivity index (χ1v) is 9.77. The zero-order chi connectivity index (χ0) is 18.8. The van der Waals surface area contributed by atoms with E-state index in [1.165, 1.54) is 38.4 Å². The smallest absolute Gasteiger partial charge is 0.116 e. The Labute approximate surface area is 160 Å². The fraction of sp³-hybridized carbons (Fsp3) is 0.280. The highest BCUT2D eigenvalue weighted by atomic mass is 14.8. The van der Waals surface area contributed by atoms with Gasteiger partial charge in [-0.1, -0.05) is 70.2 Å². The molecule has 1 aliphatic carbocycles. The van der Waals surface area contributed by atoms with Crippen LogP contribution >= 0.6 is 0 Å². The molecule has 5 rings (SSSR count). The number of nitrogens with zero attached hydrogens (tertiary/aromatic N) is 2. The lowest BCUT2D eigenvalue weighted by atomic mass is 9.68. The van der Waals surface area contributed by atoms with Crippen molar-refractivity contribution in [2.24, 2.45) is 5.92 Å². The van der Waals surface area contributed by atoms with E-state index >= 15 is 0 Å². The van der Waals surface area contributed by atoms with Crippen LogP contribution in [0, 0.1) is 5.92 Å². The lowest BCUT2D eigenvalue weighted by molar-refractivity contribution is 0.632. The predicted molar refractivity (Wildman–Crippen MR) is 113 cm³/mol. The minimum absolute atomic E-state index is 0.0981. The number of rotatable bonds is 2. The maximum absolute atomic E-state index is 4.73. The molecule has 0 spiro atoms. The molecule has 1 aliphatic rings. The Kier molecular flexibility index (Phi) is 3.42. The van der Waals surface area contributed by atoms with Crippen LogP contribution in [0.4, 0.5) is 0 Å². The van der Waals surface area contributed by atoms with Crippen molar-refractivity contribution in [2.45, 2.75) is 39.5 Å². The monoisotopic (exact) mass is 352 g/mol. The van der Waals surface area contributed by atoms with Crippen LogP contribution in [-0.2, 0) is 11.8 Å². The summed E-state index contributed by atoms with van der Waals surface area (Å²) in [6, 6.07) is 17.8. The Morgan fingerprint density at radius 3 is 2.59 bits per heavy atom. The summed E-state index contributed by atoms with van der Waals surface area (Å²) in [5, 5.41) is 3.83. The van der Waals surface area contributed by atoms with Gasteiger partial charge in [-0.25, -0.2) is 9.97 Å². The van der Waals surface area contributed by atoms with Gasteiger partial charge in [0, 0.05) is 16.4 Å². The summed E-state index contributed by atoms with van der Waals surface area (Å²) in [5.41, 5.74) is 7.40. The molecular formula is C25H24N2. The van der Waals surface area contributed by atoms with Gasteiger partial charge in [-0.2, -0.15) is 0 Å². The van der Waals surface area contributed by atoms with Gasteiger partial charge in [0.1, 0.15) is 6.33 Å². The highest BCUT2D eigenvalue weighted by Gasteiger charge is 2.36. The Hall–Kier alpha value is -2.74. The van der Waals surface area contributed by atoms with E-state index < -0.39 is 0 Å². The van der Waals surface area contributed by atoms with Crippen LogP contribution in [0.15, 0.2) is 54.9 Å². The molecule has 0 atom stereocenters. The lowest BCUT2D eigenvalue weighted by Gasteiger charge is -2.35. The molecule has 0 bridgehead atoms. The second kappa shape index (κ2) is 5.63. The van der Waals surface area contributed by atoms with Crippen LogP contribution in [-0.4, -0.2) is 9.97 Å². The summed E-state index contributed by atoms with van der Waals surface area (Å²) in [7, 11) is 0. The van der Waals surface area contributed by atoms with Crippen LogP contribution in [0.1, 0.15) is 44.4 Å². The highest BCUT2D eigenvalue weighted by molar-refractivity contribution is 6.04. The molecule has 27 heavy (non-hydrogen) atoms. The minimum Gasteiger partial charge on any atom is -0.236 e. The van der Waals surface area contributed by atoms with E-state index in [2.05, 4.69) is 81.2 Å². The normalized spacial score (nSPS) is 14.7. The van der Waals surface area contributed by atoms with Crippen LogP contribution in [0.2, 0.25) is 0 Å². The van der Waals surface area contributed by atoms with E-state index in [1.807, 2.05) is 0 Å². The van der Waals surface area contributed by atoms with Gasteiger partial charge in [-0.3, -0.25) is 0 Å². The number of hydrogen-bond acceptors (Lipinski definition) is 2. The van der Waals surface area contributed by atoms with Crippen LogP contribution in [0.3, 0.4) is 0 Å². The summed E-state index contributed by atoms with van der Waals surface area (Å²) >= 11 is 0. The molecule has 3 aromatic carbocycles. The molecule has 0 unspecified atom stereocenters. The second-order valence-electron chi connectivity index (χ2n) is 8.69. The maximum atomic E-state index is 4.73. The van der Waals surface area contributed by atoms with Crippen LogP contribution in [0.25, 0.3) is 32.9 Å². The molecular weight excluding hydrogens is 328 g/mol. The van der Waals surface area contributed by atoms with Crippen molar-refractivity contribution in [1.82, 2.24) is 9.97 Å². The number of hydrogen-bond donors (Lipinski definition) is 0. The summed E-state index contributed by atoms with van der Waals surface area (Å²) in [5.74, 6) is 0.621. The largest absolute Gasteiger partial charge is 0.236 e. The third-order valence-corrected chi connectivity index (χ3v) is 5.92. The first kappa shape index (κ1) is 16.4. The average Bonchev–Trinajstić information content (AvgIpc) is 2.64. The molecule has 0 aliphatic heterocycles. The molecule has 4 aromatic rings. The van der Waals surface area contributed by atoms with E-state index in [9.17, 15) is 0 Å². The molecule has 1 aromatic heterocycles. The van der Waals surface area contributed by atoms with Gasteiger partial charge in [0.25, 0.3) is 0 Å². The van der Waals surface area contributed by atoms with Crippen LogP contribution in [0.5, 0.6) is 0 Å². The fourth-order valence-electron chi connectivity index (χ4n) is 4.81. The predicted octanol–water partition coefficient (Wildman–Crippen LogP) is 6.29. The zero-order valence-electron chi connectivity index (χ0n) is 16.4. The molecule has 1 heterocycles. The molecule has 0 radical (unpaired) electrons. The third kappa shape index (κ3) is 2.32. The average molecular weight is 352 g/mol. The lowest BCUT2D eigenvalue weighted by Crippen LogP contribution is -2.25. The molecule has 134 valence electrons. The third-order valence-electron chi connectivity index (χ3n) is 5.92. The number of benzene rings is 3. The molecule has 0 saturated carbocycles. The molecule has 0 amide bonds. The zero-order valence-corrected chi connectivity index (χ0v) is 16.4. The Bertz CT molecular complexity index is 1200. The summed E-state index contributed by atoms with van der Waals surface area (Å²) < 4.78 is 0. The topological polar surface area (TPSA) is 25.8 Å². The van der Waals surface area contributed by atoms with E-state index in [0.29, 0.717) is 5.92 Å². The molecule has 0 saturated heterocycles. The van der Waals surface area contributed by atoms with E-state index in [1.54, 1.807) is 6.33 Å². The summed E-state index contributed by atoms with van der Waals surface area (Å²) in [6.07, 6.45) is 2.79. The number of aromatic nitrogens is 2. The molecule has 0 N–H and O–H groups in total. The Balaban J connectivity index is 1.93. The van der Waals surface area contributed by atoms with Gasteiger partial charge in [-0.05, 0) is 45.9 Å². The quantitative estimate of drug-likeness (QED) is 0.424. The van der Waals surface area contributed by atoms with Crippen molar-refractivity contribution >= 4 is 21.7 Å². The van der Waals surface area contributed by atoms with Crippen molar-refractivity contribution in [1.29, 1.82) is 0 Å². The van der Waals surface area contributed by atoms with Gasteiger partial charge < -0.3 is 0 Å². The van der Waals surface area contributed by atoms with Crippen molar-refractivity contribution in [3.63, 3.8) is 0 Å².